The molecular weight excluding hydrogens is 306 g/mol. The summed E-state index contributed by atoms with van der Waals surface area (Å²) in [6.07, 6.45) is 1.82. The van der Waals surface area contributed by atoms with E-state index in [2.05, 4.69) is 10.3 Å². The average Bonchev–Trinajstić information content (AvgIpc) is 2.97. The van der Waals surface area contributed by atoms with Gasteiger partial charge in [0.15, 0.2) is 0 Å². The van der Waals surface area contributed by atoms with Crippen LogP contribution in [0.1, 0.15) is 12.0 Å². The van der Waals surface area contributed by atoms with E-state index in [0.29, 0.717) is 24.7 Å². The van der Waals surface area contributed by atoms with Gasteiger partial charge in [-0.15, -0.1) is 0 Å². The van der Waals surface area contributed by atoms with Gasteiger partial charge in [-0.2, -0.15) is 0 Å². The molecule has 1 saturated heterocycles. The molecule has 3 rings (SSSR count). The lowest BCUT2D eigenvalue weighted by molar-refractivity contribution is -0.128. The molecular formula is C18H19N3O3. The van der Waals surface area contributed by atoms with Crippen molar-refractivity contribution >= 4 is 17.5 Å². The number of carbonyl (C=O) groups is 2. The predicted octanol–water partition coefficient (Wildman–Crippen LogP) is 2.08. The maximum absolute atomic E-state index is 12.5. The number of carbonyl (C=O) groups excluding carboxylic acids is 2. The van der Waals surface area contributed by atoms with Crippen LogP contribution in [0.25, 0.3) is 0 Å². The van der Waals surface area contributed by atoms with Crippen molar-refractivity contribution in [1.29, 1.82) is 0 Å². The number of methoxy groups -OCH3 is 1. The van der Waals surface area contributed by atoms with Crippen LogP contribution in [0.5, 0.6) is 5.88 Å². The highest BCUT2D eigenvalue weighted by Gasteiger charge is 2.34. The third kappa shape index (κ3) is 3.53. The molecule has 0 unspecified atom stereocenters. The first kappa shape index (κ1) is 16.0. The number of nitrogens with one attached hydrogen (secondary N) is 1. The number of pyridine rings is 1. The fraction of sp³-hybridized carbons (Fsp3) is 0.278. The maximum atomic E-state index is 12.5. The Hall–Kier alpha value is -2.89. The number of benzene rings is 1. The van der Waals surface area contributed by atoms with Gasteiger partial charge in [-0.1, -0.05) is 30.3 Å². The van der Waals surface area contributed by atoms with Crippen LogP contribution in [0, 0.1) is 5.92 Å². The van der Waals surface area contributed by atoms with Crippen molar-refractivity contribution in [1.82, 2.24) is 9.88 Å². The summed E-state index contributed by atoms with van der Waals surface area (Å²) in [6.45, 7) is 0.946. The fourth-order valence-electron chi connectivity index (χ4n) is 2.79. The largest absolute Gasteiger partial charge is 0.480 e. The van der Waals surface area contributed by atoms with Crippen molar-refractivity contribution < 1.29 is 14.3 Å². The lowest BCUT2D eigenvalue weighted by atomic mass is 10.1. The number of aromatic nitrogens is 1. The van der Waals surface area contributed by atoms with Gasteiger partial charge in [-0.25, -0.2) is 4.98 Å². The third-order valence-corrected chi connectivity index (χ3v) is 4.02. The molecule has 6 nitrogen and oxygen atoms in total. The van der Waals surface area contributed by atoms with Gasteiger partial charge in [0.2, 0.25) is 17.7 Å². The van der Waals surface area contributed by atoms with Gasteiger partial charge < -0.3 is 15.0 Å². The Bertz CT molecular complexity index is 733. The molecule has 1 N–H and O–H groups in total. The summed E-state index contributed by atoms with van der Waals surface area (Å²) in [5.74, 6) is -0.204. The van der Waals surface area contributed by atoms with E-state index in [4.69, 9.17) is 4.74 Å². The summed E-state index contributed by atoms with van der Waals surface area (Å²) in [5, 5.41) is 2.80. The van der Waals surface area contributed by atoms with Gasteiger partial charge >= 0.3 is 0 Å². The Balaban J connectivity index is 1.63. The Morgan fingerprint density at radius 2 is 2.08 bits per heavy atom. The van der Waals surface area contributed by atoms with Crippen LogP contribution in [-0.2, 0) is 16.1 Å². The lowest BCUT2D eigenvalue weighted by Gasteiger charge is -2.17. The van der Waals surface area contributed by atoms with Crippen molar-refractivity contribution in [2.45, 2.75) is 13.0 Å². The number of hydrogen-bond donors (Lipinski definition) is 1. The molecule has 0 radical (unpaired) electrons. The molecule has 2 amide bonds. The van der Waals surface area contributed by atoms with E-state index in [1.807, 2.05) is 30.3 Å². The highest BCUT2D eigenvalue weighted by molar-refractivity contribution is 5.97. The van der Waals surface area contributed by atoms with E-state index in [9.17, 15) is 9.59 Å². The summed E-state index contributed by atoms with van der Waals surface area (Å²) in [7, 11) is 1.50. The zero-order chi connectivity index (χ0) is 16.9. The standard InChI is InChI=1S/C18H19N3O3/c1-24-18-15(8-5-9-19-18)20-17(23)14-10-16(22)21(12-14)11-13-6-3-2-4-7-13/h2-9,14H,10-12H2,1H3,(H,20,23)/t14-/m0/s1. The Labute approximate surface area is 140 Å². The molecule has 1 aliphatic rings. The minimum atomic E-state index is -0.369. The van der Waals surface area contributed by atoms with Gasteiger partial charge in [0, 0.05) is 25.7 Å². The smallest absolute Gasteiger partial charge is 0.237 e. The molecule has 24 heavy (non-hydrogen) atoms. The van der Waals surface area contributed by atoms with Crippen LogP contribution in [0.2, 0.25) is 0 Å². The first-order chi connectivity index (χ1) is 11.7. The Kier molecular flexibility index (Phi) is 4.74. The zero-order valence-corrected chi connectivity index (χ0v) is 13.4. The van der Waals surface area contributed by atoms with Crippen LogP contribution >= 0.6 is 0 Å². The second kappa shape index (κ2) is 7.12. The van der Waals surface area contributed by atoms with Gasteiger partial charge in [-0.05, 0) is 17.7 Å². The molecule has 6 heteroatoms. The molecule has 0 saturated carbocycles. The molecule has 1 fully saturated rings. The van der Waals surface area contributed by atoms with Crippen LogP contribution in [0.3, 0.4) is 0 Å². The lowest BCUT2D eigenvalue weighted by Crippen LogP contribution is -2.28. The SMILES string of the molecule is COc1ncccc1NC(=O)[C@H]1CC(=O)N(Cc2ccccc2)C1. The van der Waals surface area contributed by atoms with Gasteiger partial charge in [0.05, 0.1) is 13.0 Å². The molecule has 0 bridgehead atoms. The molecule has 2 heterocycles. The molecule has 2 aromatic rings. The zero-order valence-electron chi connectivity index (χ0n) is 13.4. The summed E-state index contributed by atoms with van der Waals surface area (Å²) in [4.78, 5) is 30.4. The minimum absolute atomic E-state index is 0.00263. The third-order valence-electron chi connectivity index (χ3n) is 4.02. The van der Waals surface area contributed by atoms with E-state index < -0.39 is 0 Å². The van der Waals surface area contributed by atoms with Crippen molar-refractivity contribution in [2.75, 3.05) is 19.0 Å². The quantitative estimate of drug-likeness (QED) is 0.913. The number of anilines is 1. The maximum Gasteiger partial charge on any atom is 0.237 e. The Morgan fingerprint density at radius 1 is 1.29 bits per heavy atom. The van der Waals surface area contributed by atoms with E-state index in [-0.39, 0.29) is 24.2 Å². The molecule has 0 spiro atoms. The Morgan fingerprint density at radius 3 is 2.83 bits per heavy atom. The van der Waals surface area contributed by atoms with E-state index in [1.54, 1.807) is 23.2 Å². The van der Waals surface area contributed by atoms with Crippen LogP contribution in [0.4, 0.5) is 5.69 Å². The van der Waals surface area contributed by atoms with Gasteiger partial charge in [0.1, 0.15) is 5.69 Å². The molecule has 1 aromatic carbocycles. The highest BCUT2D eigenvalue weighted by atomic mass is 16.5. The van der Waals surface area contributed by atoms with Crippen molar-refractivity contribution in [3.63, 3.8) is 0 Å². The first-order valence-electron chi connectivity index (χ1n) is 7.79. The number of amides is 2. The summed E-state index contributed by atoms with van der Waals surface area (Å²) < 4.78 is 5.13. The van der Waals surface area contributed by atoms with Crippen LogP contribution < -0.4 is 10.1 Å². The highest BCUT2D eigenvalue weighted by Crippen LogP contribution is 2.24. The topological polar surface area (TPSA) is 71.5 Å². The predicted molar refractivity (Wildman–Crippen MR) is 89.4 cm³/mol. The summed E-state index contributed by atoms with van der Waals surface area (Å²) in [5.41, 5.74) is 1.57. The number of nitrogens with zero attached hydrogens (tertiary/aromatic N) is 2. The number of likely N-dealkylation sites (tertiary alicyclic amines) is 1. The van der Waals surface area contributed by atoms with Crippen LogP contribution in [-0.4, -0.2) is 35.4 Å². The van der Waals surface area contributed by atoms with E-state index >= 15 is 0 Å². The van der Waals surface area contributed by atoms with Gasteiger partial charge in [0.25, 0.3) is 0 Å². The number of ether oxygens (including phenoxy) is 1. The molecule has 124 valence electrons. The second-order valence-electron chi connectivity index (χ2n) is 5.71. The molecule has 1 aromatic heterocycles. The average molecular weight is 325 g/mol. The molecule has 0 aliphatic carbocycles. The van der Waals surface area contributed by atoms with Crippen molar-refractivity contribution in [2.24, 2.45) is 5.92 Å². The van der Waals surface area contributed by atoms with Crippen molar-refractivity contribution in [3.05, 3.63) is 54.2 Å². The number of hydrogen-bond acceptors (Lipinski definition) is 4. The van der Waals surface area contributed by atoms with Gasteiger partial charge in [-0.3, -0.25) is 9.59 Å². The van der Waals surface area contributed by atoms with E-state index in [1.165, 1.54) is 7.11 Å². The molecule has 1 aliphatic heterocycles. The summed E-state index contributed by atoms with van der Waals surface area (Å²) in [6, 6.07) is 13.2. The van der Waals surface area contributed by atoms with E-state index in [0.717, 1.165) is 5.56 Å². The van der Waals surface area contributed by atoms with Crippen LogP contribution in [0.15, 0.2) is 48.7 Å². The second-order valence-corrected chi connectivity index (χ2v) is 5.71. The monoisotopic (exact) mass is 325 g/mol. The molecule has 1 atom stereocenters. The normalized spacial score (nSPS) is 17.0. The fourth-order valence-corrected chi connectivity index (χ4v) is 2.79. The first-order valence-corrected chi connectivity index (χ1v) is 7.79. The minimum Gasteiger partial charge on any atom is -0.480 e. The van der Waals surface area contributed by atoms with Crippen molar-refractivity contribution in [3.8, 4) is 5.88 Å². The number of rotatable bonds is 5. The summed E-state index contributed by atoms with van der Waals surface area (Å²) >= 11 is 0.